The molecule has 2 unspecified atom stereocenters. The Bertz CT molecular complexity index is 1300. The Balaban J connectivity index is 1.30. The number of hydrogen-bond acceptors (Lipinski definition) is 2. The van der Waals surface area contributed by atoms with Crippen molar-refractivity contribution < 1.29 is 10.2 Å². The van der Waals surface area contributed by atoms with Crippen LogP contribution in [0.5, 0.6) is 0 Å². The predicted molar refractivity (Wildman–Crippen MR) is 154 cm³/mol. The SMILES string of the molecule is OCCCc1cccc2c1C(C[Si]CC1c3ccccc3-c3cccc(CCCO)c31)c1ccccc1-2. The van der Waals surface area contributed by atoms with E-state index in [0.29, 0.717) is 11.8 Å². The molecule has 0 spiro atoms. The van der Waals surface area contributed by atoms with Crippen molar-refractivity contribution in [3.8, 4) is 22.3 Å². The maximum Gasteiger partial charge on any atom is 0.0434 e. The fourth-order valence-corrected chi connectivity index (χ4v) is 8.29. The van der Waals surface area contributed by atoms with E-state index >= 15 is 0 Å². The zero-order valence-corrected chi connectivity index (χ0v) is 22.3. The molecule has 186 valence electrons. The molecular formula is C34H34O2Si. The molecule has 6 rings (SSSR count). The largest absolute Gasteiger partial charge is 0.396 e. The van der Waals surface area contributed by atoms with Crippen LogP contribution in [0, 0.1) is 0 Å². The van der Waals surface area contributed by atoms with Gasteiger partial charge in [0.05, 0.1) is 0 Å². The molecule has 3 heteroatoms. The van der Waals surface area contributed by atoms with Gasteiger partial charge in [-0.3, -0.25) is 0 Å². The first-order valence-corrected chi connectivity index (χ1v) is 15.1. The lowest BCUT2D eigenvalue weighted by Gasteiger charge is -2.20. The Morgan fingerprint density at radius 1 is 0.514 bits per heavy atom. The van der Waals surface area contributed by atoms with Gasteiger partial charge in [0.15, 0.2) is 0 Å². The minimum absolute atomic E-state index is 0.238. The van der Waals surface area contributed by atoms with Crippen LogP contribution in [0.4, 0.5) is 0 Å². The highest BCUT2D eigenvalue weighted by atomic mass is 28.2. The fraction of sp³-hybridized carbons (Fsp3) is 0.294. The minimum atomic E-state index is 0.238. The minimum Gasteiger partial charge on any atom is -0.396 e. The molecule has 2 atom stereocenters. The van der Waals surface area contributed by atoms with Crippen molar-refractivity contribution in [2.75, 3.05) is 13.2 Å². The van der Waals surface area contributed by atoms with Gasteiger partial charge in [0, 0.05) is 34.6 Å². The number of rotatable bonds is 10. The first-order valence-electron chi connectivity index (χ1n) is 13.7. The van der Waals surface area contributed by atoms with Gasteiger partial charge in [-0.2, -0.15) is 0 Å². The molecule has 0 bridgehead atoms. The van der Waals surface area contributed by atoms with E-state index in [0.717, 1.165) is 47.3 Å². The summed E-state index contributed by atoms with van der Waals surface area (Å²) in [6.07, 6.45) is 3.50. The topological polar surface area (TPSA) is 40.5 Å². The highest BCUT2D eigenvalue weighted by Crippen LogP contribution is 2.51. The summed E-state index contributed by atoms with van der Waals surface area (Å²) in [4.78, 5) is 0. The van der Waals surface area contributed by atoms with Crippen LogP contribution in [-0.2, 0) is 12.8 Å². The van der Waals surface area contributed by atoms with Gasteiger partial charge in [-0.05, 0) is 81.3 Å². The Morgan fingerprint density at radius 3 is 1.41 bits per heavy atom. The molecule has 0 saturated heterocycles. The number of hydrogen-bond donors (Lipinski definition) is 2. The third-order valence-electron chi connectivity index (χ3n) is 8.25. The zero-order valence-electron chi connectivity index (χ0n) is 21.3. The summed E-state index contributed by atoms with van der Waals surface area (Å²) in [7, 11) is 0.847. The Morgan fingerprint density at radius 2 is 0.946 bits per heavy atom. The van der Waals surface area contributed by atoms with E-state index < -0.39 is 0 Å². The molecule has 2 nitrogen and oxygen atoms in total. The van der Waals surface area contributed by atoms with Gasteiger partial charge in [0.25, 0.3) is 0 Å². The molecule has 0 saturated carbocycles. The number of fused-ring (bicyclic) bond motifs is 6. The van der Waals surface area contributed by atoms with Crippen molar-refractivity contribution in [1.29, 1.82) is 0 Å². The number of aliphatic hydroxyl groups is 2. The van der Waals surface area contributed by atoms with Crippen molar-refractivity contribution in [2.24, 2.45) is 0 Å². The van der Waals surface area contributed by atoms with Crippen molar-refractivity contribution >= 4 is 9.52 Å². The van der Waals surface area contributed by atoms with Crippen LogP contribution in [-0.4, -0.2) is 32.9 Å². The van der Waals surface area contributed by atoms with Crippen LogP contribution < -0.4 is 0 Å². The van der Waals surface area contributed by atoms with Crippen LogP contribution >= 0.6 is 0 Å². The molecule has 0 heterocycles. The fourth-order valence-electron chi connectivity index (χ4n) is 6.69. The highest BCUT2D eigenvalue weighted by Gasteiger charge is 2.33. The van der Waals surface area contributed by atoms with Crippen molar-refractivity contribution in [3.05, 3.63) is 118 Å². The first-order chi connectivity index (χ1) is 18.3. The first kappa shape index (κ1) is 24.4. The van der Waals surface area contributed by atoms with Crippen molar-refractivity contribution in [1.82, 2.24) is 0 Å². The molecule has 0 aromatic heterocycles. The predicted octanol–water partition coefficient (Wildman–Crippen LogP) is 7.00. The Hall–Kier alpha value is -2.98. The van der Waals surface area contributed by atoms with Crippen LogP contribution in [0.2, 0.25) is 12.1 Å². The van der Waals surface area contributed by atoms with E-state index in [9.17, 15) is 10.2 Å². The van der Waals surface area contributed by atoms with Gasteiger partial charge in [0.1, 0.15) is 0 Å². The standard InChI is InChI=1S/C34H34O2Si/c35-19-7-11-23-9-5-17-29-25-13-1-3-15-27(25)31(33(23)29)21-37-22-32-28-16-4-2-14-26(28)30-18-6-10-24(34(30)32)12-8-20-36/h1-6,9-10,13-18,31-32,35-36H,7-8,11-12,19-22H2. The summed E-state index contributed by atoms with van der Waals surface area (Å²) < 4.78 is 0. The second-order valence-corrected chi connectivity index (χ2v) is 11.7. The van der Waals surface area contributed by atoms with Crippen LogP contribution in [0.15, 0.2) is 84.9 Å². The Kier molecular flexibility index (Phi) is 7.10. The van der Waals surface area contributed by atoms with Gasteiger partial charge in [-0.25, -0.2) is 0 Å². The highest BCUT2D eigenvalue weighted by molar-refractivity contribution is 6.36. The third-order valence-corrected chi connectivity index (χ3v) is 9.64. The molecule has 4 aromatic carbocycles. The second kappa shape index (κ2) is 10.8. The lowest BCUT2D eigenvalue weighted by Crippen LogP contribution is -2.09. The monoisotopic (exact) mass is 502 g/mol. The third kappa shape index (κ3) is 4.39. The van der Waals surface area contributed by atoms with Crippen LogP contribution in [0.3, 0.4) is 0 Å². The quantitative estimate of drug-likeness (QED) is 0.229. The molecule has 2 radical (unpaired) electrons. The van der Waals surface area contributed by atoms with Crippen LogP contribution in [0.1, 0.15) is 58.1 Å². The molecule has 2 aliphatic carbocycles. The van der Waals surface area contributed by atoms with Crippen molar-refractivity contribution in [2.45, 2.75) is 49.6 Å². The smallest absolute Gasteiger partial charge is 0.0434 e. The van der Waals surface area contributed by atoms with Gasteiger partial charge < -0.3 is 10.2 Å². The number of aliphatic hydroxyl groups excluding tert-OH is 2. The summed E-state index contributed by atoms with van der Waals surface area (Å²) in [5.41, 5.74) is 14.3. The maximum atomic E-state index is 9.50. The normalized spacial score (nSPS) is 16.8. The Labute approximate surface area is 222 Å². The molecule has 37 heavy (non-hydrogen) atoms. The summed E-state index contributed by atoms with van der Waals surface area (Å²) in [6.45, 7) is 0.476. The molecule has 0 aliphatic heterocycles. The number of benzene rings is 4. The average molecular weight is 503 g/mol. The summed E-state index contributed by atoms with van der Waals surface area (Å²) >= 11 is 0. The van der Waals surface area contributed by atoms with E-state index in [1.807, 2.05) is 0 Å². The van der Waals surface area contributed by atoms with Gasteiger partial charge >= 0.3 is 0 Å². The second-order valence-electron chi connectivity index (χ2n) is 10.3. The van der Waals surface area contributed by atoms with Crippen molar-refractivity contribution in [3.63, 3.8) is 0 Å². The molecule has 2 aliphatic rings. The summed E-state index contributed by atoms with van der Waals surface area (Å²) in [5, 5.41) is 19.0. The molecule has 0 amide bonds. The van der Waals surface area contributed by atoms with E-state index in [1.54, 1.807) is 0 Å². The maximum absolute atomic E-state index is 9.50. The number of aryl methyl sites for hydroxylation is 2. The zero-order chi connectivity index (χ0) is 25.2. The molecule has 4 aromatic rings. The molecule has 2 N–H and O–H groups in total. The molecular weight excluding hydrogens is 468 g/mol. The van der Waals surface area contributed by atoms with Gasteiger partial charge in [0.2, 0.25) is 0 Å². The van der Waals surface area contributed by atoms with Crippen LogP contribution in [0.25, 0.3) is 22.3 Å². The van der Waals surface area contributed by atoms with Gasteiger partial charge in [-0.1, -0.05) is 97.0 Å². The lowest BCUT2D eigenvalue weighted by molar-refractivity contribution is 0.288. The van der Waals surface area contributed by atoms with E-state index in [-0.39, 0.29) is 13.2 Å². The lowest BCUT2D eigenvalue weighted by atomic mass is 9.92. The van der Waals surface area contributed by atoms with E-state index in [1.165, 1.54) is 55.6 Å². The van der Waals surface area contributed by atoms with Gasteiger partial charge in [-0.15, -0.1) is 0 Å². The van der Waals surface area contributed by atoms with E-state index in [4.69, 9.17) is 0 Å². The summed E-state index contributed by atoms with van der Waals surface area (Å²) in [5.74, 6) is 0.861. The average Bonchev–Trinajstić information content (AvgIpc) is 3.44. The molecule has 0 fully saturated rings. The van der Waals surface area contributed by atoms with E-state index in [2.05, 4.69) is 84.9 Å². The summed E-state index contributed by atoms with van der Waals surface area (Å²) in [6, 6.07) is 33.7.